The van der Waals surface area contributed by atoms with Crippen LogP contribution in [0.25, 0.3) is 0 Å². The van der Waals surface area contributed by atoms with Crippen molar-refractivity contribution in [2.45, 2.75) is 6.10 Å². The van der Waals surface area contributed by atoms with Gasteiger partial charge < -0.3 is 15.8 Å². The second-order valence-electron chi connectivity index (χ2n) is 4.76. The second kappa shape index (κ2) is 7.63. The number of rotatable bonds is 4. The number of ether oxygens (including phenoxy) is 1. The molecule has 0 aliphatic carbocycles. The van der Waals surface area contributed by atoms with Gasteiger partial charge in [-0.25, -0.2) is 0 Å². The Morgan fingerprint density at radius 1 is 1.38 bits per heavy atom. The lowest BCUT2D eigenvalue weighted by Crippen LogP contribution is -2.48. The smallest absolute Gasteiger partial charge is 0.238 e. The average molecular weight is 353 g/mol. The number of nitrogens with two attached hydrogens (primary N) is 1. The SMILES string of the molecule is NCC1CN(CC(=O)Nc2c(Cl)cc(Cl)cc2Cl)CCO1. The number of nitrogens with one attached hydrogen (secondary N) is 1. The Bertz CT molecular complexity index is 504. The Morgan fingerprint density at radius 2 is 2.05 bits per heavy atom. The third-order valence-electron chi connectivity index (χ3n) is 3.12. The number of amides is 1. The minimum absolute atomic E-state index is 0.0331. The molecule has 2 rings (SSSR count). The van der Waals surface area contributed by atoms with E-state index in [4.69, 9.17) is 45.3 Å². The summed E-state index contributed by atoms with van der Waals surface area (Å²) < 4.78 is 5.45. The highest BCUT2D eigenvalue weighted by Crippen LogP contribution is 2.33. The van der Waals surface area contributed by atoms with Crippen molar-refractivity contribution in [3.05, 3.63) is 27.2 Å². The van der Waals surface area contributed by atoms with E-state index in [0.29, 0.717) is 47.0 Å². The zero-order valence-corrected chi connectivity index (χ0v) is 13.5. The van der Waals surface area contributed by atoms with Crippen LogP contribution in [0.2, 0.25) is 15.1 Å². The van der Waals surface area contributed by atoms with Crippen molar-refractivity contribution >= 4 is 46.4 Å². The molecule has 21 heavy (non-hydrogen) atoms. The van der Waals surface area contributed by atoms with Crippen molar-refractivity contribution in [3.8, 4) is 0 Å². The number of hydrogen-bond acceptors (Lipinski definition) is 4. The van der Waals surface area contributed by atoms with Crippen molar-refractivity contribution in [2.75, 3.05) is 38.1 Å². The first-order valence-electron chi connectivity index (χ1n) is 6.48. The molecule has 3 N–H and O–H groups in total. The van der Waals surface area contributed by atoms with Crippen molar-refractivity contribution in [1.29, 1.82) is 0 Å². The van der Waals surface area contributed by atoms with Gasteiger partial charge in [0.1, 0.15) is 0 Å². The molecule has 1 aromatic rings. The maximum Gasteiger partial charge on any atom is 0.238 e. The molecule has 1 aliphatic rings. The highest BCUT2D eigenvalue weighted by atomic mass is 35.5. The summed E-state index contributed by atoms with van der Waals surface area (Å²) >= 11 is 17.9. The molecule has 0 saturated carbocycles. The Balaban J connectivity index is 1.96. The number of anilines is 1. The summed E-state index contributed by atoms with van der Waals surface area (Å²) in [5.74, 6) is -0.196. The third kappa shape index (κ3) is 4.71. The van der Waals surface area contributed by atoms with Crippen LogP contribution in [0, 0.1) is 0 Å². The summed E-state index contributed by atoms with van der Waals surface area (Å²) in [4.78, 5) is 14.1. The fraction of sp³-hybridized carbons (Fsp3) is 0.462. The summed E-state index contributed by atoms with van der Waals surface area (Å²) in [5.41, 5.74) is 5.95. The molecule has 0 spiro atoms. The van der Waals surface area contributed by atoms with Crippen molar-refractivity contribution in [2.24, 2.45) is 5.73 Å². The number of hydrogen-bond donors (Lipinski definition) is 2. The molecule has 0 aromatic heterocycles. The van der Waals surface area contributed by atoms with Gasteiger partial charge in [-0.2, -0.15) is 0 Å². The maximum atomic E-state index is 12.1. The number of benzene rings is 1. The molecule has 116 valence electrons. The first-order valence-corrected chi connectivity index (χ1v) is 7.61. The van der Waals surface area contributed by atoms with Crippen LogP contribution < -0.4 is 11.1 Å². The van der Waals surface area contributed by atoms with Gasteiger partial charge in [-0.1, -0.05) is 34.8 Å². The molecule has 1 atom stereocenters. The van der Waals surface area contributed by atoms with Crippen LogP contribution in [0.3, 0.4) is 0 Å². The van der Waals surface area contributed by atoms with Crippen LogP contribution in [0.15, 0.2) is 12.1 Å². The summed E-state index contributed by atoms with van der Waals surface area (Å²) in [6, 6.07) is 3.06. The number of carbonyl (C=O) groups excluding carboxylic acids is 1. The largest absolute Gasteiger partial charge is 0.374 e. The van der Waals surface area contributed by atoms with E-state index >= 15 is 0 Å². The molecular formula is C13H16Cl3N3O2. The topological polar surface area (TPSA) is 67.6 Å². The van der Waals surface area contributed by atoms with Crippen molar-refractivity contribution in [3.63, 3.8) is 0 Å². The van der Waals surface area contributed by atoms with Crippen molar-refractivity contribution < 1.29 is 9.53 Å². The minimum Gasteiger partial charge on any atom is -0.374 e. The Kier molecular flexibility index (Phi) is 6.10. The van der Waals surface area contributed by atoms with Gasteiger partial charge in [0, 0.05) is 24.7 Å². The van der Waals surface area contributed by atoms with E-state index in [1.807, 2.05) is 4.90 Å². The molecule has 1 aromatic carbocycles. The highest BCUT2D eigenvalue weighted by Gasteiger charge is 2.21. The molecule has 8 heteroatoms. The predicted molar refractivity (Wildman–Crippen MR) is 85.3 cm³/mol. The molecule has 1 fully saturated rings. The second-order valence-corrected chi connectivity index (χ2v) is 6.01. The fourth-order valence-corrected chi connectivity index (χ4v) is 3.02. The van der Waals surface area contributed by atoms with E-state index in [0.717, 1.165) is 0 Å². The highest BCUT2D eigenvalue weighted by molar-refractivity contribution is 6.42. The molecular weight excluding hydrogens is 337 g/mol. The molecule has 0 radical (unpaired) electrons. The third-order valence-corrected chi connectivity index (χ3v) is 3.94. The molecule has 1 saturated heterocycles. The van der Waals surface area contributed by atoms with E-state index in [-0.39, 0.29) is 18.6 Å². The van der Waals surface area contributed by atoms with Gasteiger partial charge in [0.2, 0.25) is 5.91 Å². The van der Waals surface area contributed by atoms with Gasteiger partial charge >= 0.3 is 0 Å². The van der Waals surface area contributed by atoms with Gasteiger partial charge in [0.15, 0.2) is 0 Å². The molecule has 1 amide bonds. The van der Waals surface area contributed by atoms with Crippen LogP contribution in [-0.4, -0.2) is 49.7 Å². The summed E-state index contributed by atoms with van der Waals surface area (Å²) in [6.07, 6.45) is -0.0331. The lowest BCUT2D eigenvalue weighted by molar-refractivity contribution is -0.119. The van der Waals surface area contributed by atoms with Gasteiger partial charge in [-0.15, -0.1) is 0 Å². The van der Waals surface area contributed by atoms with E-state index in [2.05, 4.69) is 5.32 Å². The average Bonchev–Trinajstić information content (AvgIpc) is 2.43. The quantitative estimate of drug-likeness (QED) is 0.872. The fourth-order valence-electron chi connectivity index (χ4n) is 2.11. The van der Waals surface area contributed by atoms with E-state index in [1.54, 1.807) is 0 Å². The van der Waals surface area contributed by atoms with Crippen LogP contribution >= 0.6 is 34.8 Å². The molecule has 0 bridgehead atoms. The zero-order valence-electron chi connectivity index (χ0n) is 11.2. The molecule has 1 aliphatic heterocycles. The molecule has 5 nitrogen and oxygen atoms in total. The van der Waals surface area contributed by atoms with Crippen LogP contribution in [-0.2, 0) is 9.53 Å². The van der Waals surface area contributed by atoms with E-state index in [1.165, 1.54) is 12.1 Å². The Hall–Kier alpha value is -0.560. The first-order chi connectivity index (χ1) is 9.99. The predicted octanol–water partition coefficient (Wildman–Crippen LogP) is 2.24. The van der Waals surface area contributed by atoms with E-state index in [9.17, 15) is 4.79 Å². The summed E-state index contributed by atoms with van der Waals surface area (Å²) in [7, 11) is 0. The summed E-state index contributed by atoms with van der Waals surface area (Å²) in [6.45, 7) is 2.55. The Labute approximate surface area is 138 Å². The lowest BCUT2D eigenvalue weighted by atomic mass is 10.2. The van der Waals surface area contributed by atoms with Gasteiger partial charge in [-0.3, -0.25) is 9.69 Å². The van der Waals surface area contributed by atoms with Crippen LogP contribution in [0.1, 0.15) is 0 Å². The van der Waals surface area contributed by atoms with Crippen LogP contribution in [0.4, 0.5) is 5.69 Å². The summed E-state index contributed by atoms with van der Waals surface area (Å²) in [5, 5.41) is 3.75. The number of morpholine rings is 1. The maximum absolute atomic E-state index is 12.1. The van der Waals surface area contributed by atoms with Gasteiger partial charge in [0.05, 0.1) is 35.0 Å². The van der Waals surface area contributed by atoms with E-state index < -0.39 is 0 Å². The number of halogens is 3. The first kappa shape index (κ1) is 16.8. The van der Waals surface area contributed by atoms with Gasteiger partial charge in [-0.05, 0) is 12.1 Å². The van der Waals surface area contributed by atoms with Gasteiger partial charge in [0.25, 0.3) is 0 Å². The normalized spacial score (nSPS) is 19.5. The zero-order chi connectivity index (χ0) is 15.4. The monoisotopic (exact) mass is 351 g/mol. The standard InChI is InChI=1S/C13H16Cl3N3O2/c14-8-3-10(15)13(11(16)4-8)18-12(20)7-19-1-2-21-9(5-17)6-19/h3-4,9H,1-2,5-7,17H2,(H,18,20). The Morgan fingerprint density at radius 3 is 2.67 bits per heavy atom. The van der Waals surface area contributed by atoms with Crippen molar-refractivity contribution in [1.82, 2.24) is 4.90 Å². The minimum atomic E-state index is -0.196. The lowest BCUT2D eigenvalue weighted by Gasteiger charge is -2.31. The number of carbonyl (C=O) groups is 1. The molecule has 1 heterocycles. The van der Waals surface area contributed by atoms with Crippen LogP contribution in [0.5, 0.6) is 0 Å². The number of nitrogens with zero attached hydrogens (tertiary/aromatic N) is 1. The molecule has 1 unspecified atom stereocenters.